The van der Waals surface area contributed by atoms with Gasteiger partial charge in [-0.2, -0.15) is 0 Å². The van der Waals surface area contributed by atoms with E-state index < -0.39 is 0 Å². The third-order valence-electron chi connectivity index (χ3n) is 4.63. The second-order valence-corrected chi connectivity index (χ2v) is 5.69. The van der Waals surface area contributed by atoms with Gasteiger partial charge in [0.05, 0.1) is 12.0 Å². The van der Waals surface area contributed by atoms with Crippen molar-refractivity contribution in [3.05, 3.63) is 17.7 Å². The third kappa shape index (κ3) is 2.45. The van der Waals surface area contributed by atoms with E-state index in [4.69, 9.17) is 0 Å². The topological polar surface area (TPSA) is 44.0 Å². The number of likely N-dealkylation sites (tertiary alicyclic amines) is 1. The van der Waals surface area contributed by atoms with Crippen molar-refractivity contribution >= 4 is 0 Å². The first-order chi connectivity index (χ1) is 8.84. The summed E-state index contributed by atoms with van der Waals surface area (Å²) in [6.07, 6.45) is 7.06. The van der Waals surface area contributed by atoms with Gasteiger partial charge in [-0.3, -0.25) is 0 Å². The molecule has 0 atom stereocenters. The summed E-state index contributed by atoms with van der Waals surface area (Å²) in [5.41, 5.74) is 2.57. The number of aryl methyl sites for hydroxylation is 1. The number of nitrogens with zero attached hydrogens (tertiary/aromatic N) is 2. The van der Waals surface area contributed by atoms with Crippen molar-refractivity contribution in [1.29, 1.82) is 0 Å². The van der Waals surface area contributed by atoms with E-state index in [1.807, 2.05) is 6.33 Å². The Labute approximate surface area is 109 Å². The van der Waals surface area contributed by atoms with E-state index in [-0.39, 0.29) is 0 Å². The van der Waals surface area contributed by atoms with E-state index in [1.165, 1.54) is 63.3 Å². The molecule has 3 heterocycles. The minimum absolute atomic E-state index is 0.700. The monoisotopic (exact) mass is 248 g/mol. The highest BCUT2D eigenvalue weighted by Gasteiger charge is 2.27. The second kappa shape index (κ2) is 5.41. The normalized spacial score (nSPS) is 24.5. The first kappa shape index (κ1) is 12.2. The number of hydrogen-bond acceptors (Lipinski definition) is 3. The van der Waals surface area contributed by atoms with Gasteiger partial charge in [-0.15, -0.1) is 0 Å². The Morgan fingerprint density at radius 1 is 1.17 bits per heavy atom. The van der Waals surface area contributed by atoms with Crippen LogP contribution in [0.3, 0.4) is 0 Å². The molecule has 2 N–H and O–H groups in total. The Morgan fingerprint density at radius 2 is 1.89 bits per heavy atom. The highest BCUT2D eigenvalue weighted by Crippen LogP contribution is 2.30. The molecule has 4 nitrogen and oxygen atoms in total. The van der Waals surface area contributed by atoms with Gasteiger partial charge in [0.15, 0.2) is 0 Å². The molecule has 2 fully saturated rings. The lowest BCUT2D eigenvalue weighted by Crippen LogP contribution is -2.46. The first-order valence-electron chi connectivity index (χ1n) is 7.29. The van der Waals surface area contributed by atoms with Crippen LogP contribution in [0.4, 0.5) is 0 Å². The quantitative estimate of drug-likeness (QED) is 0.836. The Hall–Kier alpha value is -0.870. The minimum Gasteiger partial charge on any atom is -0.348 e. The first-order valence-corrected chi connectivity index (χ1v) is 7.29. The molecular formula is C14H24N4. The fourth-order valence-corrected chi connectivity index (χ4v) is 3.51. The smallest absolute Gasteiger partial charge is 0.0925 e. The van der Waals surface area contributed by atoms with Gasteiger partial charge >= 0.3 is 0 Å². The predicted octanol–water partition coefficient (Wildman–Crippen LogP) is 1.65. The fourth-order valence-electron chi connectivity index (χ4n) is 3.51. The summed E-state index contributed by atoms with van der Waals surface area (Å²) in [7, 11) is 0. The maximum absolute atomic E-state index is 4.32. The SMILES string of the molecule is Cc1nc[nH]c1C1CCN(C2CCNCC2)CC1. The largest absolute Gasteiger partial charge is 0.348 e. The van der Waals surface area contributed by atoms with Crippen LogP contribution in [0, 0.1) is 6.92 Å². The minimum atomic E-state index is 0.700. The third-order valence-corrected chi connectivity index (χ3v) is 4.63. The molecule has 4 heteroatoms. The summed E-state index contributed by atoms with van der Waals surface area (Å²) < 4.78 is 0. The van der Waals surface area contributed by atoms with E-state index >= 15 is 0 Å². The van der Waals surface area contributed by atoms with Gasteiger partial charge < -0.3 is 15.2 Å². The van der Waals surface area contributed by atoms with Crippen molar-refractivity contribution in [1.82, 2.24) is 20.2 Å². The van der Waals surface area contributed by atoms with Gasteiger partial charge in [0.2, 0.25) is 0 Å². The van der Waals surface area contributed by atoms with E-state index in [1.54, 1.807) is 0 Å². The molecule has 2 aliphatic rings. The molecule has 0 bridgehead atoms. The van der Waals surface area contributed by atoms with Gasteiger partial charge in [-0.1, -0.05) is 0 Å². The molecule has 0 saturated carbocycles. The summed E-state index contributed by atoms with van der Waals surface area (Å²) >= 11 is 0. The van der Waals surface area contributed by atoms with E-state index in [9.17, 15) is 0 Å². The van der Waals surface area contributed by atoms with Gasteiger partial charge in [-0.25, -0.2) is 4.98 Å². The van der Waals surface area contributed by atoms with Crippen molar-refractivity contribution < 1.29 is 0 Å². The number of aromatic nitrogens is 2. The summed E-state index contributed by atoms with van der Waals surface area (Å²) in [4.78, 5) is 10.4. The number of rotatable bonds is 2. The molecule has 1 aromatic heterocycles. The number of nitrogens with one attached hydrogen (secondary N) is 2. The molecule has 0 aliphatic carbocycles. The molecule has 100 valence electrons. The average Bonchev–Trinajstić information content (AvgIpc) is 2.86. The zero-order valence-electron chi connectivity index (χ0n) is 11.3. The van der Waals surface area contributed by atoms with Gasteiger partial charge in [0.25, 0.3) is 0 Å². The van der Waals surface area contributed by atoms with Crippen molar-refractivity contribution in [3.63, 3.8) is 0 Å². The lowest BCUT2D eigenvalue weighted by molar-refractivity contribution is 0.126. The maximum atomic E-state index is 4.32. The average molecular weight is 248 g/mol. The van der Waals surface area contributed by atoms with Crippen LogP contribution in [0.5, 0.6) is 0 Å². The summed E-state index contributed by atoms with van der Waals surface area (Å²) in [5.74, 6) is 0.700. The van der Waals surface area contributed by atoms with Gasteiger partial charge in [-0.05, 0) is 58.8 Å². The Morgan fingerprint density at radius 3 is 2.50 bits per heavy atom. The van der Waals surface area contributed by atoms with Crippen LogP contribution in [0.25, 0.3) is 0 Å². The van der Waals surface area contributed by atoms with E-state index in [2.05, 4.69) is 27.1 Å². The molecule has 0 amide bonds. The number of piperidine rings is 2. The van der Waals surface area contributed by atoms with Crippen LogP contribution in [-0.2, 0) is 0 Å². The number of imidazole rings is 1. The summed E-state index contributed by atoms with van der Waals surface area (Å²) in [6, 6.07) is 0.829. The molecule has 2 saturated heterocycles. The van der Waals surface area contributed by atoms with Crippen LogP contribution in [0.2, 0.25) is 0 Å². The van der Waals surface area contributed by atoms with Gasteiger partial charge in [0.1, 0.15) is 0 Å². The fraction of sp³-hybridized carbons (Fsp3) is 0.786. The van der Waals surface area contributed by atoms with Crippen LogP contribution >= 0.6 is 0 Å². The van der Waals surface area contributed by atoms with Crippen LogP contribution in [-0.4, -0.2) is 47.1 Å². The van der Waals surface area contributed by atoms with Crippen molar-refractivity contribution in [2.45, 2.75) is 44.6 Å². The van der Waals surface area contributed by atoms with Crippen molar-refractivity contribution in [2.75, 3.05) is 26.2 Å². The summed E-state index contributed by atoms with van der Waals surface area (Å²) in [5, 5.41) is 3.45. The van der Waals surface area contributed by atoms with Crippen molar-refractivity contribution in [2.24, 2.45) is 0 Å². The highest BCUT2D eigenvalue weighted by atomic mass is 15.2. The van der Waals surface area contributed by atoms with E-state index in [0.29, 0.717) is 5.92 Å². The molecule has 2 aliphatic heterocycles. The van der Waals surface area contributed by atoms with Crippen LogP contribution in [0.15, 0.2) is 6.33 Å². The Balaban J connectivity index is 1.56. The molecule has 1 aromatic rings. The van der Waals surface area contributed by atoms with Crippen molar-refractivity contribution in [3.8, 4) is 0 Å². The number of hydrogen-bond donors (Lipinski definition) is 2. The predicted molar refractivity (Wildman–Crippen MR) is 72.8 cm³/mol. The molecule has 3 rings (SSSR count). The molecule has 0 unspecified atom stereocenters. The summed E-state index contributed by atoms with van der Waals surface area (Å²) in [6.45, 7) is 7.03. The lowest BCUT2D eigenvalue weighted by Gasteiger charge is -2.39. The molecular weight excluding hydrogens is 224 g/mol. The van der Waals surface area contributed by atoms with Crippen LogP contribution in [0.1, 0.15) is 43.0 Å². The van der Waals surface area contributed by atoms with E-state index in [0.717, 1.165) is 6.04 Å². The number of H-pyrrole nitrogens is 1. The zero-order valence-corrected chi connectivity index (χ0v) is 11.3. The molecule has 0 spiro atoms. The highest BCUT2D eigenvalue weighted by molar-refractivity contribution is 5.15. The van der Waals surface area contributed by atoms with Gasteiger partial charge in [0, 0.05) is 17.7 Å². The standard InChI is InChI=1S/C14H24N4/c1-11-14(17-10-16-11)12-4-8-18(9-5-12)13-2-6-15-7-3-13/h10,12-13,15H,2-9H2,1H3,(H,16,17). The number of aromatic amines is 1. The second-order valence-electron chi connectivity index (χ2n) is 5.69. The molecule has 0 radical (unpaired) electrons. The molecule has 0 aromatic carbocycles. The zero-order chi connectivity index (χ0) is 12.4. The Bertz CT molecular complexity index is 373. The van der Waals surface area contributed by atoms with Crippen LogP contribution < -0.4 is 5.32 Å². The maximum Gasteiger partial charge on any atom is 0.0925 e. The molecule has 18 heavy (non-hydrogen) atoms. The Kier molecular flexibility index (Phi) is 3.66. The lowest BCUT2D eigenvalue weighted by atomic mass is 9.90.